The maximum absolute atomic E-state index is 12.9. The Labute approximate surface area is 144 Å². The average Bonchev–Trinajstić information content (AvgIpc) is 2.61. The topological polar surface area (TPSA) is 71.3 Å². The van der Waals surface area contributed by atoms with Gasteiger partial charge in [-0.25, -0.2) is 0 Å². The number of nitrogens with zero attached hydrogens (tertiary/aromatic N) is 1. The lowest BCUT2D eigenvalue weighted by atomic mass is 9.78. The molecule has 24 heavy (non-hydrogen) atoms. The van der Waals surface area contributed by atoms with E-state index in [1.165, 1.54) is 7.11 Å². The van der Waals surface area contributed by atoms with E-state index in [-0.39, 0.29) is 5.91 Å². The van der Waals surface area contributed by atoms with Gasteiger partial charge in [-0.1, -0.05) is 13.8 Å². The third-order valence-corrected chi connectivity index (χ3v) is 4.66. The first-order chi connectivity index (χ1) is 11.5. The van der Waals surface area contributed by atoms with Gasteiger partial charge in [0, 0.05) is 12.3 Å². The van der Waals surface area contributed by atoms with Crippen molar-refractivity contribution in [2.45, 2.75) is 51.6 Å². The second-order valence-electron chi connectivity index (χ2n) is 6.51. The summed E-state index contributed by atoms with van der Waals surface area (Å²) >= 11 is 0. The number of carbonyl (C=O) groups excluding carboxylic acids is 1. The molecule has 1 saturated carbocycles. The molecule has 0 spiro atoms. The van der Waals surface area contributed by atoms with E-state index in [1.807, 2.05) is 6.92 Å². The van der Waals surface area contributed by atoms with Crippen molar-refractivity contribution in [3.05, 3.63) is 23.8 Å². The van der Waals surface area contributed by atoms with Crippen molar-refractivity contribution in [1.82, 2.24) is 0 Å². The van der Waals surface area contributed by atoms with Crippen molar-refractivity contribution < 1.29 is 14.3 Å². The minimum absolute atomic E-state index is 0.114. The molecule has 130 valence electrons. The number of amides is 1. The third-order valence-electron chi connectivity index (χ3n) is 4.66. The van der Waals surface area contributed by atoms with Gasteiger partial charge in [-0.05, 0) is 56.2 Å². The van der Waals surface area contributed by atoms with Gasteiger partial charge in [-0.2, -0.15) is 5.26 Å². The zero-order valence-corrected chi connectivity index (χ0v) is 14.7. The van der Waals surface area contributed by atoms with E-state index in [1.54, 1.807) is 18.2 Å². The summed E-state index contributed by atoms with van der Waals surface area (Å²) in [5.41, 5.74) is 0.237. The SMILES string of the molecule is CCCOC1(C(=O)Nc2ccc(OC)c(C#N)c2)CCC(C)CC1. The van der Waals surface area contributed by atoms with Crippen LogP contribution >= 0.6 is 0 Å². The fourth-order valence-corrected chi connectivity index (χ4v) is 3.08. The van der Waals surface area contributed by atoms with Crippen LogP contribution in [0.1, 0.15) is 51.5 Å². The van der Waals surface area contributed by atoms with E-state index in [0.717, 1.165) is 32.1 Å². The van der Waals surface area contributed by atoms with Crippen LogP contribution in [0.2, 0.25) is 0 Å². The third kappa shape index (κ3) is 4.07. The number of methoxy groups -OCH3 is 1. The second-order valence-corrected chi connectivity index (χ2v) is 6.51. The summed E-state index contributed by atoms with van der Waals surface area (Å²) in [5.74, 6) is 1.01. The van der Waals surface area contributed by atoms with E-state index in [4.69, 9.17) is 9.47 Å². The number of nitrogens with one attached hydrogen (secondary N) is 1. The zero-order valence-electron chi connectivity index (χ0n) is 14.7. The van der Waals surface area contributed by atoms with Crippen molar-refractivity contribution >= 4 is 11.6 Å². The van der Waals surface area contributed by atoms with E-state index in [2.05, 4.69) is 18.3 Å². The highest BCUT2D eigenvalue weighted by Gasteiger charge is 2.42. The molecule has 1 aliphatic carbocycles. The summed E-state index contributed by atoms with van der Waals surface area (Å²) in [4.78, 5) is 12.9. The Balaban J connectivity index is 2.17. The standard InChI is InChI=1S/C19H26N2O3/c1-4-11-24-19(9-7-14(2)8-10-19)18(22)21-16-5-6-17(23-3)15(12-16)13-20/h5-6,12,14H,4,7-11H2,1-3H3,(H,21,22). The van der Waals surface area contributed by atoms with Gasteiger partial charge in [0.2, 0.25) is 0 Å². The number of rotatable bonds is 6. The Morgan fingerprint density at radius 2 is 2.12 bits per heavy atom. The van der Waals surface area contributed by atoms with Gasteiger partial charge in [-0.3, -0.25) is 4.79 Å². The first-order valence-corrected chi connectivity index (χ1v) is 8.58. The summed E-state index contributed by atoms with van der Waals surface area (Å²) in [6, 6.07) is 7.15. The highest BCUT2D eigenvalue weighted by atomic mass is 16.5. The predicted octanol–water partition coefficient (Wildman–Crippen LogP) is 3.88. The molecule has 5 heteroatoms. The lowest BCUT2D eigenvalue weighted by molar-refractivity contribution is -0.147. The van der Waals surface area contributed by atoms with Gasteiger partial charge >= 0.3 is 0 Å². The molecule has 0 aliphatic heterocycles. The van der Waals surface area contributed by atoms with Crippen molar-refractivity contribution in [3.63, 3.8) is 0 Å². The van der Waals surface area contributed by atoms with Gasteiger partial charge in [-0.15, -0.1) is 0 Å². The maximum Gasteiger partial charge on any atom is 0.256 e. The number of hydrogen-bond donors (Lipinski definition) is 1. The van der Waals surface area contributed by atoms with E-state index in [0.29, 0.717) is 29.5 Å². The van der Waals surface area contributed by atoms with Gasteiger partial charge in [0.15, 0.2) is 0 Å². The highest BCUT2D eigenvalue weighted by Crippen LogP contribution is 2.36. The fourth-order valence-electron chi connectivity index (χ4n) is 3.08. The number of carbonyl (C=O) groups is 1. The number of ether oxygens (including phenoxy) is 2. The maximum atomic E-state index is 12.9. The van der Waals surface area contributed by atoms with Crippen molar-refractivity contribution in [2.75, 3.05) is 19.0 Å². The first kappa shape index (κ1) is 18.3. The minimum Gasteiger partial charge on any atom is -0.495 e. The molecule has 1 aromatic carbocycles. The fraction of sp³-hybridized carbons (Fsp3) is 0.579. The molecule has 0 heterocycles. The second kappa shape index (κ2) is 8.16. The van der Waals surface area contributed by atoms with Crippen LogP contribution in [0.5, 0.6) is 5.75 Å². The van der Waals surface area contributed by atoms with Crippen LogP contribution in [0.4, 0.5) is 5.69 Å². The van der Waals surface area contributed by atoms with Crippen LogP contribution in [0.25, 0.3) is 0 Å². The molecule has 0 atom stereocenters. The van der Waals surface area contributed by atoms with Gasteiger partial charge in [0.25, 0.3) is 5.91 Å². The molecule has 0 aromatic heterocycles. The first-order valence-electron chi connectivity index (χ1n) is 8.58. The van der Waals surface area contributed by atoms with Crippen LogP contribution < -0.4 is 10.1 Å². The molecule has 5 nitrogen and oxygen atoms in total. The van der Waals surface area contributed by atoms with E-state index < -0.39 is 5.60 Å². The van der Waals surface area contributed by atoms with E-state index >= 15 is 0 Å². The van der Waals surface area contributed by atoms with E-state index in [9.17, 15) is 10.1 Å². The molecule has 1 aliphatic rings. The number of anilines is 1. The molecule has 2 rings (SSSR count). The molecule has 0 radical (unpaired) electrons. The molecule has 0 bridgehead atoms. The molecule has 1 aromatic rings. The Morgan fingerprint density at radius 3 is 2.71 bits per heavy atom. The molecule has 0 saturated heterocycles. The van der Waals surface area contributed by atoms with Crippen LogP contribution in [0.15, 0.2) is 18.2 Å². The smallest absolute Gasteiger partial charge is 0.256 e. The summed E-state index contributed by atoms with van der Waals surface area (Å²) in [5, 5.41) is 12.1. The molecule has 1 N–H and O–H groups in total. The molecule has 1 fully saturated rings. The highest BCUT2D eigenvalue weighted by molar-refractivity contribution is 5.97. The van der Waals surface area contributed by atoms with Crippen LogP contribution in [0.3, 0.4) is 0 Å². The molecule has 0 unspecified atom stereocenters. The Morgan fingerprint density at radius 1 is 1.42 bits per heavy atom. The number of hydrogen-bond acceptors (Lipinski definition) is 4. The largest absolute Gasteiger partial charge is 0.495 e. The lowest BCUT2D eigenvalue weighted by Crippen LogP contribution is -2.48. The van der Waals surface area contributed by atoms with Crippen LogP contribution in [-0.4, -0.2) is 25.2 Å². The summed E-state index contributed by atoms with van der Waals surface area (Å²) in [7, 11) is 1.52. The van der Waals surface area contributed by atoms with Crippen molar-refractivity contribution in [1.29, 1.82) is 5.26 Å². The van der Waals surface area contributed by atoms with Gasteiger partial charge in [0.1, 0.15) is 17.4 Å². The average molecular weight is 330 g/mol. The molecular formula is C19H26N2O3. The number of benzene rings is 1. The summed E-state index contributed by atoms with van der Waals surface area (Å²) < 4.78 is 11.1. The normalized spacial score (nSPS) is 23.3. The predicted molar refractivity (Wildman–Crippen MR) is 92.9 cm³/mol. The van der Waals surface area contributed by atoms with Gasteiger partial charge in [0.05, 0.1) is 12.7 Å². The molecule has 1 amide bonds. The quantitative estimate of drug-likeness (QED) is 0.859. The van der Waals surface area contributed by atoms with Gasteiger partial charge < -0.3 is 14.8 Å². The summed E-state index contributed by atoms with van der Waals surface area (Å²) in [6.07, 6.45) is 4.33. The van der Waals surface area contributed by atoms with Crippen molar-refractivity contribution in [2.24, 2.45) is 5.92 Å². The Hall–Kier alpha value is -2.06. The minimum atomic E-state index is -0.755. The Bertz CT molecular complexity index is 608. The zero-order chi connectivity index (χ0) is 17.6. The molecular weight excluding hydrogens is 304 g/mol. The van der Waals surface area contributed by atoms with Crippen molar-refractivity contribution in [3.8, 4) is 11.8 Å². The van der Waals surface area contributed by atoms with Crippen LogP contribution in [-0.2, 0) is 9.53 Å². The number of nitriles is 1. The van der Waals surface area contributed by atoms with Crippen LogP contribution in [0, 0.1) is 17.2 Å². The summed E-state index contributed by atoms with van der Waals surface area (Å²) in [6.45, 7) is 4.83. The lowest BCUT2D eigenvalue weighted by Gasteiger charge is -2.38. The monoisotopic (exact) mass is 330 g/mol. The Kier molecular flexibility index (Phi) is 6.22.